The van der Waals surface area contributed by atoms with Gasteiger partial charge in [-0.1, -0.05) is 12.1 Å². The molecule has 1 spiro atoms. The summed E-state index contributed by atoms with van der Waals surface area (Å²) in [5.74, 6) is 0.437. The van der Waals surface area contributed by atoms with Crippen LogP contribution in [-0.2, 0) is 11.0 Å². The van der Waals surface area contributed by atoms with Crippen LogP contribution in [0.15, 0.2) is 18.2 Å². The normalized spacial score (nSPS) is 22.1. The molecule has 0 radical (unpaired) electrons. The first-order valence-electron chi connectivity index (χ1n) is 6.93. The van der Waals surface area contributed by atoms with E-state index in [2.05, 4.69) is 5.32 Å². The van der Waals surface area contributed by atoms with Crippen LogP contribution in [0, 0.1) is 17.2 Å². The summed E-state index contributed by atoms with van der Waals surface area (Å²) >= 11 is 0. The smallest absolute Gasteiger partial charge is 0.127 e. The topological polar surface area (TPSA) is 29.1 Å². The summed E-state index contributed by atoms with van der Waals surface area (Å²) < 4.78 is 26.0. The Bertz CT molecular complexity index is 539. The van der Waals surface area contributed by atoms with Crippen molar-refractivity contribution in [2.24, 2.45) is 11.3 Å². The fraction of sp³-hybridized carbons (Fsp3) is 0.600. The van der Waals surface area contributed by atoms with E-state index in [-0.39, 0.29) is 5.82 Å². The summed E-state index contributed by atoms with van der Waals surface area (Å²) in [6, 6.07) is 5.13. The molecule has 19 heavy (non-hydrogen) atoms. The molecule has 2 nitrogen and oxygen atoms in total. The highest BCUT2D eigenvalue weighted by atomic mass is 31.2. The van der Waals surface area contributed by atoms with Crippen molar-refractivity contribution >= 4 is 12.4 Å². The lowest BCUT2D eigenvalue weighted by atomic mass is 9.57. The van der Waals surface area contributed by atoms with E-state index in [4.69, 9.17) is 0 Å². The number of hydrogen-bond acceptors (Lipinski definition) is 2. The van der Waals surface area contributed by atoms with Gasteiger partial charge in [-0.15, -0.1) is 0 Å². The molecule has 1 aromatic rings. The minimum absolute atomic E-state index is 0.186. The Morgan fingerprint density at radius 3 is 2.53 bits per heavy atom. The fourth-order valence-electron chi connectivity index (χ4n) is 3.42. The number of rotatable bonds is 3. The first kappa shape index (κ1) is 13.3. The summed E-state index contributed by atoms with van der Waals surface area (Å²) in [6.45, 7) is 5.64. The van der Waals surface area contributed by atoms with Gasteiger partial charge in [-0.3, -0.25) is 0 Å². The van der Waals surface area contributed by atoms with Crippen molar-refractivity contribution in [3.8, 4) is 0 Å². The van der Waals surface area contributed by atoms with Gasteiger partial charge in [0.25, 0.3) is 0 Å². The molecule has 0 bridgehead atoms. The molecule has 0 aromatic heterocycles. The number of halogens is 1. The lowest BCUT2D eigenvalue weighted by molar-refractivity contribution is 0.000565. The van der Waals surface area contributed by atoms with Crippen molar-refractivity contribution in [1.29, 1.82) is 0 Å². The molecule has 0 atom stereocenters. The van der Waals surface area contributed by atoms with Crippen molar-refractivity contribution in [3.05, 3.63) is 29.6 Å². The first-order valence-corrected chi connectivity index (χ1v) is 9.53. The number of nitrogens with one attached hydrogen (secondary N) is 1. The second kappa shape index (κ2) is 4.43. The summed E-state index contributed by atoms with van der Waals surface area (Å²) in [4.78, 5) is 0. The second-order valence-electron chi connectivity index (χ2n) is 6.71. The minimum Gasteiger partial charge on any atom is -0.319 e. The summed E-state index contributed by atoms with van der Waals surface area (Å²) in [7, 11) is -2.36. The van der Waals surface area contributed by atoms with Crippen LogP contribution in [0.1, 0.15) is 18.4 Å². The predicted molar refractivity (Wildman–Crippen MR) is 77.2 cm³/mol. The standard InChI is InChI=1S/C15H21FNOP/c1-19(2,18)13-4-3-12(14(16)6-13)5-11-7-15(8-11)9-17-10-15/h3-4,6,11,17H,5,7-10H2,1-2H3. The van der Waals surface area contributed by atoms with Crippen LogP contribution in [-0.4, -0.2) is 26.4 Å². The monoisotopic (exact) mass is 281 g/mol. The van der Waals surface area contributed by atoms with Gasteiger partial charge in [-0.05, 0) is 55.6 Å². The van der Waals surface area contributed by atoms with Crippen molar-refractivity contribution in [1.82, 2.24) is 5.32 Å². The molecule has 104 valence electrons. The van der Waals surface area contributed by atoms with E-state index in [1.807, 2.05) is 12.1 Å². The zero-order valence-electron chi connectivity index (χ0n) is 11.6. The van der Waals surface area contributed by atoms with Crippen LogP contribution in [0.2, 0.25) is 0 Å². The van der Waals surface area contributed by atoms with Gasteiger partial charge in [0.2, 0.25) is 0 Å². The Balaban J connectivity index is 1.67. The third-order valence-corrected chi connectivity index (χ3v) is 6.13. The zero-order valence-corrected chi connectivity index (χ0v) is 12.5. The second-order valence-corrected chi connectivity index (χ2v) is 9.93. The maximum Gasteiger partial charge on any atom is 0.127 e. The quantitative estimate of drug-likeness (QED) is 0.863. The van der Waals surface area contributed by atoms with Crippen LogP contribution < -0.4 is 10.6 Å². The Kier molecular flexibility index (Phi) is 3.11. The van der Waals surface area contributed by atoms with Gasteiger partial charge in [0.05, 0.1) is 0 Å². The van der Waals surface area contributed by atoms with Crippen molar-refractivity contribution < 1.29 is 8.96 Å². The van der Waals surface area contributed by atoms with E-state index >= 15 is 0 Å². The van der Waals surface area contributed by atoms with Crippen molar-refractivity contribution in [2.75, 3.05) is 26.4 Å². The van der Waals surface area contributed by atoms with Crippen molar-refractivity contribution in [3.63, 3.8) is 0 Å². The molecule has 1 N–H and O–H groups in total. The Morgan fingerprint density at radius 2 is 2.05 bits per heavy atom. The maximum atomic E-state index is 14.1. The highest BCUT2D eigenvalue weighted by Gasteiger charge is 2.48. The van der Waals surface area contributed by atoms with Crippen LogP contribution in [0.3, 0.4) is 0 Å². The minimum atomic E-state index is -2.36. The van der Waals surface area contributed by atoms with E-state index < -0.39 is 7.14 Å². The summed E-state index contributed by atoms with van der Waals surface area (Å²) in [5, 5.41) is 3.96. The average Bonchev–Trinajstić information content (AvgIpc) is 2.20. The van der Waals surface area contributed by atoms with Gasteiger partial charge >= 0.3 is 0 Å². The average molecular weight is 281 g/mol. The molecule has 4 heteroatoms. The zero-order chi connectivity index (χ0) is 13.7. The lowest BCUT2D eigenvalue weighted by Crippen LogP contribution is -2.60. The molecule has 1 aliphatic heterocycles. The third kappa shape index (κ3) is 2.51. The highest BCUT2D eigenvalue weighted by molar-refractivity contribution is 7.70. The maximum absolute atomic E-state index is 14.1. The van der Waals surface area contributed by atoms with Crippen molar-refractivity contribution in [2.45, 2.75) is 19.3 Å². The summed E-state index contributed by atoms with van der Waals surface area (Å²) in [6.07, 6.45) is 3.27. The van der Waals surface area contributed by atoms with Gasteiger partial charge in [-0.25, -0.2) is 4.39 Å². The molecule has 2 fully saturated rings. The molecule has 1 heterocycles. The predicted octanol–water partition coefficient (Wildman–Crippen LogP) is 2.62. The Morgan fingerprint density at radius 1 is 1.37 bits per heavy atom. The highest BCUT2D eigenvalue weighted by Crippen LogP contribution is 2.49. The van der Waals surface area contributed by atoms with E-state index in [0.29, 0.717) is 16.6 Å². The molecule has 3 rings (SSSR count). The van der Waals surface area contributed by atoms with Crippen LogP contribution in [0.5, 0.6) is 0 Å². The molecular formula is C15H21FNOP. The fourth-order valence-corrected chi connectivity index (χ4v) is 4.28. The van der Waals surface area contributed by atoms with Gasteiger partial charge in [-0.2, -0.15) is 0 Å². The van der Waals surface area contributed by atoms with Gasteiger partial charge < -0.3 is 9.88 Å². The van der Waals surface area contributed by atoms with E-state index in [9.17, 15) is 8.96 Å². The van der Waals surface area contributed by atoms with E-state index in [1.54, 1.807) is 13.3 Å². The Labute approximate surface area is 114 Å². The first-order chi connectivity index (χ1) is 8.88. The number of hydrogen-bond donors (Lipinski definition) is 1. The Hall–Kier alpha value is -0.660. The third-order valence-electron chi connectivity index (χ3n) is 4.61. The number of benzene rings is 1. The summed E-state index contributed by atoms with van der Waals surface area (Å²) in [5.41, 5.74) is 1.33. The SMILES string of the molecule is CP(C)(=O)c1ccc(CC2CC3(CNC3)C2)c(F)c1. The largest absolute Gasteiger partial charge is 0.319 e. The lowest BCUT2D eigenvalue weighted by Gasteiger charge is -2.54. The molecule has 1 saturated carbocycles. The van der Waals surface area contributed by atoms with Gasteiger partial charge in [0, 0.05) is 18.4 Å². The molecule has 1 aliphatic carbocycles. The molecule has 0 amide bonds. The molecule has 1 aromatic carbocycles. The van der Waals surface area contributed by atoms with E-state index in [0.717, 1.165) is 25.1 Å². The molecular weight excluding hydrogens is 260 g/mol. The van der Waals surface area contributed by atoms with Gasteiger partial charge in [0.1, 0.15) is 13.0 Å². The van der Waals surface area contributed by atoms with E-state index in [1.165, 1.54) is 18.9 Å². The molecule has 2 aliphatic rings. The molecule has 1 saturated heterocycles. The molecule has 0 unspecified atom stereocenters. The van der Waals surface area contributed by atoms with Crippen LogP contribution >= 0.6 is 7.14 Å². The van der Waals surface area contributed by atoms with Crippen LogP contribution in [0.4, 0.5) is 4.39 Å². The van der Waals surface area contributed by atoms with Gasteiger partial charge in [0.15, 0.2) is 0 Å². The van der Waals surface area contributed by atoms with Crippen LogP contribution in [0.25, 0.3) is 0 Å².